The minimum atomic E-state index is -0.468. The van der Waals surface area contributed by atoms with Gasteiger partial charge in [-0.1, -0.05) is 19.8 Å². The van der Waals surface area contributed by atoms with Gasteiger partial charge in [0.2, 0.25) is 0 Å². The number of nitrogens with zero attached hydrogens (tertiary/aromatic N) is 1. The number of aromatic nitrogens is 1. The highest BCUT2D eigenvalue weighted by molar-refractivity contribution is 5.89. The molecule has 0 saturated heterocycles. The molecule has 2 rings (SSSR count). The molecule has 1 aliphatic rings. The van der Waals surface area contributed by atoms with Gasteiger partial charge in [0, 0.05) is 19.3 Å². The first-order chi connectivity index (χ1) is 9.58. The number of hydrogen-bond acceptors (Lipinski definition) is 3. The molecule has 0 bridgehead atoms. The summed E-state index contributed by atoms with van der Waals surface area (Å²) in [5, 5.41) is 2.96. The van der Waals surface area contributed by atoms with Gasteiger partial charge in [-0.25, -0.2) is 4.79 Å². The van der Waals surface area contributed by atoms with Crippen LogP contribution in [0.25, 0.3) is 0 Å². The minimum Gasteiger partial charge on any atom is -0.451 e. The fourth-order valence-electron chi connectivity index (χ4n) is 2.66. The van der Waals surface area contributed by atoms with Crippen LogP contribution in [0.2, 0.25) is 0 Å². The lowest BCUT2D eigenvalue weighted by molar-refractivity contribution is -0.125. The Labute approximate surface area is 119 Å². The van der Waals surface area contributed by atoms with Gasteiger partial charge in [-0.3, -0.25) is 4.79 Å². The zero-order chi connectivity index (χ0) is 14.5. The fourth-order valence-corrected chi connectivity index (χ4v) is 2.66. The van der Waals surface area contributed by atoms with Crippen molar-refractivity contribution < 1.29 is 14.3 Å². The van der Waals surface area contributed by atoms with E-state index in [-0.39, 0.29) is 18.6 Å². The third-order valence-corrected chi connectivity index (χ3v) is 3.95. The molecule has 5 heteroatoms. The van der Waals surface area contributed by atoms with Gasteiger partial charge < -0.3 is 14.6 Å². The molecule has 1 aromatic rings. The molecule has 0 aliphatic heterocycles. The Morgan fingerprint density at radius 2 is 2.15 bits per heavy atom. The SMILES string of the molecule is C[C@@H]1CCCC[C@@H]1NC(=O)COC(=O)c1cccn1C. The topological polar surface area (TPSA) is 60.3 Å². The highest BCUT2D eigenvalue weighted by atomic mass is 16.5. The highest BCUT2D eigenvalue weighted by Gasteiger charge is 2.23. The molecule has 2 atom stereocenters. The highest BCUT2D eigenvalue weighted by Crippen LogP contribution is 2.23. The number of hydrogen-bond donors (Lipinski definition) is 1. The van der Waals surface area contributed by atoms with E-state index in [2.05, 4.69) is 12.2 Å². The number of carbonyl (C=O) groups excluding carboxylic acids is 2. The Bertz CT molecular complexity index is 481. The van der Waals surface area contributed by atoms with Crippen molar-refractivity contribution in [3.05, 3.63) is 24.0 Å². The van der Waals surface area contributed by atoms with Gasteiger partial charge in [0.15, 0.2) is 6.61 Å². The molecule has 110 valence electrons. The standard InChI is InChI=1S/C15H22N2O3/c1-11-6-3-4-7-12(11)16-14(18)10-20-15(19)13-8-5-9-17(13)2/h5,8-9,11-12H,3-4,6-7,10H2,1-2H3,(H,16,18)/t11-,12+/m1/s1. The first-order valence-electron chi connectivity index (χ1n) is 7.15. The molecule has 0 radical (unpaired) electrons. The van der Waals surface area contributed by atoms with E-state index in [4.69, 9.17) is 4.74 Å². The fraction of sp³-hybridized carbons (Fsp3) is 0.600. The predicted molar refractivity (Wildman–Crippen MR) is 75.3 cm³/mol. The number of rotatable bonds is 4. The van der Waals surface area contributed by atoms with E-state index in [1.807, 2.05) is 0 Å². The quantitative estimate of drug-likeness (QED) is 0.855. The molecule has 1 aromatic heterocycles. The summed E-state index contributed by atoms with van der Waals surface area (Å²) < 4.78 is 6.70. The van der Waals surface area contributed by atoms with Crippen molar-refractivity contribution in [2.45, 2.75) is 38.6 Å². The molecule has 0 spiro atoms. The summed E-state index contributed by atoms with van der Waals surface area (Å²) in [6, 6.07) is 3.65. The number of esters is 1. The maximum absolute atomic E-state index is 11.8. The second-order valence-corrected chi connectivity index (χ2v) is 5.52. The Hall–Kier alpha value is -1.78. The van der Waals surface area contributed by atoms with Crippen LogP contribution < -0.4 is 5.32 Å². The molecular weight excluding hydrogens is 256 g/mol. The van der Waals surface area contributed by atoms with E-state index in [1.165, 1.54) is 6.42 Å². The van der Waals surface area contributed by atoms with Crippen molar-refractivity contribution in [3.8, 4) is 0 Å². The van der Waals surface area contributed by atoms with Crippen molar-refractivity contribution >= 4 is 11.9 Å². The molecule has 1 N–H and O–H groups in total. The van der Waals surface area contributed by atoms with Crippen LogP contribution in [0.5, 0.6) is 0 Å². The Morgan fingerprint density at radius 1 is 1.40 bits per heavy atom. The van der Waals surface area contributed by atoms with Crippen molar-refractivity contribution in [1.82, 2.24) is 9.88 Å². The molecule has 1 aliphatic carbocycles. The molecule has 1 saturated carbocycles. The second-order valence-electron chi connectivity index (χ2n) is 5.52. The van der Waals surface area contributed by atoms with Gasteiger partial charge in [-0.15, -0.1) is 0 Å². The lowest BCUT2D eigenvalue weighted by Crippen LogP contribution is -2.42. The van der Waals surface area contributed by atoms with Gasteiger partial charge in [-0.05, 0) is 30.9 Å². The second kappa shape index (κ2) is 6.59. The summed E-state index contributed by atoms with van der Waals surface area (Å²) in [6.07, 6.45) is 6.31. The number of carbonyl (C=O) groups is 2. The van der Waals surface area contributed by atoms with Crippen LogP contribution in [0.15, 0.2) is 18.3 Å². The van der Waals surface area contributed by atoms with Crippen molar-refractivity contribution in [3.63, 3.8) is 0 Å². The van der Waals surface area contributed by atoms with Crippen LogP contribution in [0.3, 0.4) is 0 Å². The average Bonchev–Trinajstić information content (AvgIpc) is 2.85. The first-order valence-corrected chi connectivity index (χ1v) is 7.15. The van der Waals surface area contributed by atoms with Crippen LogP contribution in [-0.2, 0) is 16.6 Å². The maximum atomic E-state index is 11.8. The molecule has 1 fully saturated rings. The summed E-state index contributed by atoms with van der Waals surface area (Å²) in [4.78, 5) is 23.6. The van der Waals surface area contributed by atoms with Gasteiger partial charge in [-0.2, -0.15) is 0 Å². The number of aryl methyl sites for hydroxylation is 1. The van der Waals surface area contributed by atoms with Gasteiger partial charge in [0.05, 0.1) is 0 Å². The molecule has 1 heterocycles. The number of ether oxygens (including phenoxy) is 1. The minimum absolute atomic E-state index is 0.213. The Kier molecular flexibility index (Phi) is 4.82. The van der Waals surface area contributed by atoms with E-state index in [0.29, 0.717) is 11.6 Å². The van der Waals surface area contributed by atoms with E-state index < -0.39 is 5.97 Å². The van der Waals surface area contributed by atoms with E-state index in [1.54, 1.807) is 29.9 Å². The average molecular weight is 278 g/mol. The third-order valence-electron chi connectivity index (χ3n) is 3.95. The van der Waals surface area contributed by atoms with Crippen LogP contribution in [0.4, 0.5) is 0 Å². The van der Waals surface area contributed by atoms with E-state index in [9.17, 15) is 9.59 Å². The Balaban J connectivity index is 1.77. The van der Waals surface area contributed by atoms with Gasteiger partial charge in [0.25, 0.3) is 5.91 Å². The molecule has 0 aromatic carbocycles. The summed E-state index contributed by atoms with van der Waals surface area (Å²) in [7, 11) is 1.76. The Morgan fingerprint density at radius 3 is 2.80 bits per heavy atom. The van der Waals surface area contributed by atoms with Crippen molar-refractivity contribution in [2.75, 3.05) is 6.61 Å². The van der Waals surface area contributed by atoms with Crippen LogP contribution >= 0.6 is 0 Å². The van der Waals surface area contributed by atoms with Crippen LogP contribution in [0.1, 0.15) is 43.1 Å². The smallest absolute Gasteiger partial charge is 0.355 e. The van der Waals surface area contributed by atoms with Gasteiger partial charge in [0.1, 0.15) is 5.69 Å². The monoisotopic (exact) mass is 278 g/mol. The van der Waals surface area contributed by atoms with Gasteiger partial charge >= 0.3 is 5.97 Å². The summed E-state index contributed by atoms with van der Waals surface area (Å²) in [5.74, 6) is -0.188. The summed E-state index contributed by atoms with van der Waals surface area (Å²) >= 11 is 0. The zero-order valence-corrected chi connectivity index (χ0v) is 12.1. The van der Waals surface area contributed by atoms with Crippen molar-refractivity contribution in [2.24, 2.45) is 13.0 Å². The molecule has 0 unspecified atom stereocenters. The maximum Gasteiger partial charge on any atom is 0.355 e. The lowest BCUT2D eigenvalue weighted by Gasteiger charge is -2.29. The lowest BCUT2D eigenvalue weighted by atomic mass is 9.86. The molecular formula is C15H22N2O3. The normalized spacial score (nSPS) is 22.3. The molecule has 5 nitrogen and oxygen atoms in total. The predicted octanol–water partition coefficient (Wildman–Crippen LogP) is 1.88. The number of amides is 1. The largest absolute Gasteiger partial charge is 0.451 e. The number of nitrogens with one attached hydrogen (secondary N) is 1. The summed E-state index contributed by atoms with van der Waals surface area (Å²) in [5.41, 5.74) is 0.448. The van der Waals surface area contributed by atoms with Crippen LogP contribution in [-0.4, -0.2) is 29.1 Å². The van der Waals surface area contributed by atoms with Crippen LogP contribution in [0, 0.1) is 5.92 Å². The molecule has 1 amide bonds. The van der Waals surface area contributed by atoms with Crippen molar-refractivity contribution in [1.29, 1.82) is 0 Å². The van der Waals surface area contributed by atoms with E-state index in [0.717, 1.165) is 19.3 Å². The zero-order valence-electron chi connectivity index (χ0n) is 12.1. The third kappa shape index (κ3) is 3.62. The first kappa shape index (κ1) is 14.6. The molecule has 20 heavy (non-hydrogen) atoms. The van der Waals surface area contributed by atoms with E-state index >= 15 is 0 Å². The summed E-state index contributed by atoms with van der Waals surface area (Å²) in [6.45, 7) is 1.94.